The lowest BCUT2D eigenvalue weighted by atomic mass is 10.1. The number of carbonyl (C=O) groups excluding carboxylic acids is 2. The maximum Gasteiger partial charge on any atom is 0.323 e. The van der Waals surface area contributed by atoms with Crippen molar-refractivity contribution in [3.05, 3.63) is 54.1 Å². The van der Waals surface area contributed by atoms with Crippen LogP contribution in [0.3, 0.4) is 0 Å². The van der Waals surface area contributed by atoms with Gasteiger partial charge in [-0.25, -0.2) is 4.79 Å². The molecular weight excluding hydrogens is 294 g/mol. The molecule has 2 aromatic rings. The highest BCUT2D eigenvalue weighted by atomic mass is 16.5. The molecule has 0 aliphatic heterocycles. The number of anilines is 2. The summed E-state index contributed by atoms with van der Waals surface area (Å²) in [5.74, 6) is 0.614. The maximum absolute atomic E-state index is 12.0. The van der Waals surface area contributed by atoms with Crippen molar-refractivity contribution in [3.8, 4) is 5.75 Å². The van der Waals surface area contributed by atoms with Gasteiger partial charge in [0.25, 0.3) is 0 Å². The average Bonchev–Trinajstić information content (AvgIpc) is 2.56. The third kappa shape index (κ3) is 5.03. The first-order valence-corrected chi connectivity index (χ1v) is 7.12. The van der Waals surface area contributed by atoms with E-state index in [1.54, 1.807) is 62.7 Å². The zero-order valence-electron chi connectivity index (χ0n) is 13.1. The number of ether oxygens (including phenoxy) is 1. The summed E-state index contributed by atoms with van der Waals surface area (Å²) in [6.45, 7) is 0. The molecule has 0 aliphatic carbocycles. The van der Waals surface area contributed by atoms with Gasteiger partial charge in [0.1, 0.15) is 5.75 Å². The summed E-state index contributed by atoms with van der Waals surface area (Å²) in [4.78, 5) is 23.3. The minimum atomic E-state index is -0.350. The molecule has 3 amide bonds. The van der Waals surface area contributed by atoms with Crippen molar-refractivity contribution in [1.29, 1.82) is 0 Å². The normalized spacial score (nSPS) is 9.83. The van der Waals surface area contributed by atoms with Crippen LogP contribution in [0, 0.1) is 0 Å². The topological polar surface area (TPSA) is 79.5 Å². The highest BCUT2D eigenvalue weighted by Gasteiger charge is 2.05. The molecule has 0 spiro atoms. The lowest BCUT2D eigenvalue weighted by Crippen LogP contribution is -2.20. The SMILES string of the molecule is CNC(=O)Cc1ccc(NC(=O)Nc2cccc(OC)c2)cc1. The van der Waals surface area contributed by atoms with E-state index >= 15 is 0 Å². The van der Waals surface area contributed by atoms with Crippen LogP contribution in [0.4, 0.5) is 16.2 Å². The molecule has 0 atom stereocenters. The number of methoxy groups -OCH3 is 1. The van der Waals surface area contributed by atoms with E-state index in [1.807, 2.05) is 0 Å². The molecular formula is C17H19N3O3. The summed E-state index contributed by atoms with van der Waals surface area (Å²) < 4.78 is 5.10. The molecule has 6 heteroatoms. The second kappa shape index (κ2) is 7.84. The highest BCUT2D eigenvalue weighted by molar-refractivity contribution is 5.99. The molecule has 0 unspecified atom stereocenters. The van der Waals surface area contributed by atoms with Crippen LogP contribution in [0.25, 0.3) is 0 Å². The number of likely N-dealkylation sites (N-methyl/N-ethyl adjacent to an activating group) is 1. The fourth-order valence-electron chi connectivity index (χ4n) is 1.97. The molecule has 0 fully saturated rings. The summed E-state index contributed by atoms with van der Waals surface area (Å²) in [6, 6.07) is 13.9. The summed E-state index contributed by atoms with van der Waals surface area (Å²) in [6.07, 6.45) is 0.312. The number of benzene rings is 2. The third-order valence-corrected chi connectivity index (χ3v) is 3.18. The van der Waals surface area contributed by atoms with Crippen molar-refractivity contribution in [2.24, 2.45) is 0 Å². The van der Waals surface area contributed by atoms with Crippen LogP contribution in [0.1, 0.15) is 5.56 Å². The molecule has 0 heterocycles. The van der Waals surface area contributed by atoms with Crippen molar-refractivity contribution in [1.82, 2.24) is 5.32 Å². The number of amides is 3. The Kier molecular flexibility index (Phi) is 5.57. The molecule has 2 aromatic carbocycles. The van der Waals surface area contributed by atoms with Crippen molar-refractivity contribution in [2.45, 2.75) is 6.42 Å². The second-order valence-electron chi connectivity index (χ2n) is 4.86. The molecule has 2 rings (SSSR count). The minimum Gasteiger partial charge on any atom is -0.497 e. The number of hydrogen-bond acceptors (Lipinski definition) is 3. The van der Waals surface area contributed by atoms with Crippen LogP contribution in [-0.4, -0.2) is 26.1 Å². The van der Waals surface area contributed by atoms with Gasteiger partial charge in [0, 0.05) is 24.5 Å². The minimum absolute atomic E-state index is 0.0542. The zero-order chi connectivity index (χ0) is 16.7. The maximum atomic E-state index is 12.0. The Morgan fingerprint density at radius 3 is 2.35 bits per heavy atom. The van der Waals surface area contributed by atoms with Gasteiger partial charge < -0.3 is 20.7 Å². The third-order valence-electron chi connectivity index (χ3n) is 3.18. The van der Waals surface area contributed by atoms with Crippen molar-refractivity contribution < 1.29 is 14.3 Å². The van der Waals surface area contributed by atoms with Crippen LogP contribution < -0.4 is 20.7 Å². The van der Waals surface area contributed by atoms with Crippen LogP contribution in [0.2, 0.25) is 0 Å². The van der Waals surface area contributed by atoms with E-state index in [0.717, 1.165) is 5.56 Å². The lowest BCUT2D eigenvalue weighted by molar-refractivity contribution is -0.119. The number of carbonyl (C=O) groups is 2. The molecule has 6 nitrogen and oxygen atoms in total. The first kappa shape index (κ1) is 16.4. The Hall–Kier alpha value is -3.02. The van der Waals surface area contributed by atoms with Crippen molar-refractivity contribution >= 4 is 23.3 Å². The molecule has 0 bridgehead atoms. The van der Waals surface area contributed by atoms with Gasteiger partial charge in [-0.1, -0.05) is 18.2 Å². The fraction of sp³-hybridized carbons (Fsp3) is 0.176. The monoisotopic (exact) mass is 313 g/mol. The van der Waals surface area contributed by atoms with Gasteiger partial charge in [-0.15, -0.1) is 0 Å². The van der Waals surface area contributed by atoms with E-state index in [1.165, 1.54) is 0 Å². The summed E-state index contributed by atoms with van der Waals surface area (Å²) >= 11 is 0. The van der Waals surface area contributed by atoms with Gasteiger partial charge >= 0.3 is 6.03 Å². The Labute approximate surface area is 134 Å². The largest absolute Gasteiger partial charge is 0.497 e. The second-order valence-corrected chi connectivity index (χ2v) is 4.86. The van der Waals surface area contributed by atoms with E-state index in [2.05, 4.69) is 16.0 Å². The van der Waals surface area contributed by atoms with Gasteiger partial charge in [0.05, 0.1) is 13.5 Å². The van der Waals surface area contributed by atoms with Crippen LogP contribution in [0.15, 0.2) is 48.5 Å². The molecule has 23 heavy (non-hydrogen) atoms. The van der Waals surface area contributed by atoms with Crippen molar-refractivity contribution in [3.63, 3.8) is 0 Å². The van der Waals surface area contributed by atoms with E-state index in [9.17, 15) is 9.59 Å². The summed E-state index contributed by atoms with van der Waals surface area (Å²) in [5.41, 5.74) is 2.16. The molecule has 0 aliphatic rings. The number of nitrogens with one attached hydrogen (secondary N) is 3. The van der Waals surface area contributed by atoms with E-state index < -0.39 is 0 Å². The predicted octanol–water partition coefficient (Wildman–Crippen LogP) is 2.63. The van der Waals surface area contributed by atoms with Crippen LogP contribution in [0.5, 0.6) is 5.75 Å². The molecule has 120 valence electrons. The Morgan fingerprint density at radius 1 is 1.00 bits per heavy atom. The Bertz CT molecular complexity index is 684. The zero-order valence-corrected chi connectivity index (χ0v) is 13.1. The summed E-state index contributed by atoms with van der Waals surface area (Å²) in [7, 11) is 3.17. The quantitative estimate of drug-likeness (QED) is 0.794. The molecule has 0 radical (unpaired) electrons. The number of urea groups is 1. The first-order valence-electron chi connectivity index (χ1n) is 7.12. The van der Waals surface area contributed by atoms with Crippen LogP contribution in [-0.2, 0) is 11.2 Å². The van der Waals surface area contributed by atoms with Crippen molar-refractivity contribution in [2.75, 3.05) is 24.8 Å². The van der Waals surface area contributed by atoms with Gasteiger partial charge in [-0.3, -0.25) is 4.79 Å². The van der Waals surface area contributed by atoms with Gasteiger partial charge in [0.15, 0.2) is 0 Å². The van der Waals surface area contributed by atoms with Crippen LogP contribution >= 0.6 is 0 Å². The number of rotatable bonds is 5. The van der Waals surface area contributed by atoms with E-state index in [-0.39, 0.29) is 11.9 Å². The van der Waals surface area contributed by atoms with E-state index in [0.29, 0.717) is 23.5 Å². The Balaban J connectivity index is 1.93. The lowest BCUT2D eigenvalue weighted by Gasteiger charge is -2.09. The number of hydrogen-bond donors (Lipinski definition) is 3. The smallest absolute Gasteiger partial charge is 0.323 e. The molecule has 3 N–H and O–H groups in total. The van der Waals surface area contributed by atoms with Gasteiger partial charge in [0.2, 0.25) is 5.91 Å². The fourth-order valence-corrected chi connectivity index (χ4v) is 1.97. The molecule has 0 aromatic heterocycles. The molecule has 0 saturated carbocycles. The highest BCUT2D eigenvalue weighted by Crippen LogP contribution is 2.17. The average molecular weight is 313 g/mol. The predicted molar refractivity (Wildman–Crippen MR) is 89.8 cm³/mol. The van der Waals surface area contributed by atoms with Gasteiger partial charge in [-0.2, -0.15) is 0 Å². The van der Waals surface area contributed by atoms with E-state index in [4.69, 9.17) is 4.74 Å². The standard InChI is InChI=1S/C17H19N3O3/c1-18-16(21)10-12-6-8-13(9-7-12)19-17(22)20-14-4-3-5-15(11-14)23-2/h3-9,11H,10H2,1-2H3,(H,18,21)(H2,19,20,22). The molecule has 0 saturated heterocycles. The van der Waals surface area contributed by atoms with Gasteiger partial charge in [-0.05, 0) is 29.8 Å². The first-order chi connectivity index (χ1) is 11.1. The Morgan fingerprint density at radius 2 is 1.70 bits per heavy atom. The summed E-state index contributed by atoms with van der Waals surface area (Å²) in [5, 5.41) is 8.03.